The first-order valence-electron chi connectivity index (χ1n) is 5.94. The third kappa shape index (κ3) is 3.15. The number of nitrogens with one attached hydrogen (secondary N) is 1. The summed E-state index contributed by atoms with van der Waals surface area (Å²) in [4.78, 5) is 20.4. The summed E-state index contributed by atoms with van der Waals surface area (Å²) in [5, 5.41) is 6.04. The van der Waals surface area contributed by atoms with Gasteiger partial charge in [0.1, 0.15) is 0 Å². The van der Waals surface area contributed by atoms with E-state index >= 15 is 0 Å². The molecule has 0 saturated carbocycles. The Kier molecular flexibility index (Phi) is 3.95. The van der Waals surface area contributed by atoms with Crippen LogP contribution in [0.5, 0.6) is 0 Å². The average molecular weight is 324 g/mol. The van der Waals surface area contributed by atoms with E-state index in [1.54, 1.807) is 11.6 Å². The first kappa shape index (κ1) is 13.5. The molecular weight excluding hydrogens is 314 g/mol. The first-order valence-corrected chi connectivity index (χ1v) is 8.07. The molecule has 2 aromatic heterocycles. The molecular formula is C13H10ClN3OS2. The van der Waals surface area contributed by atoms with Crippen LogP contribution in [0.3, 0.4) is 0 Å². The summed E-state index contributed by atoms with van der Waals surface area (Å²) in [6.45, 7) is 0. The lowest BCUT2D eigenvalue weighted by Gasteiger charge is -1.99. The van der Waals surface area contributed by atoms with Gasteiger partial charge in [-0.2, -0.15) is 0 Å². The van der Waals surface area contributed by atoms with Crippen molar-refractivity contribution in [3.63, 3.8) is 0 Å². The third-order valence-electron chi connectivity index (χ3n) is 2.69. The molecule has 2 heterocycles. The van der Waals surface area contributed by atoms with Crippen LogP contribution in [0.15, 0.2) is 29.1 Å². The Morgan fingerprint density at radius 2 is 2.30 bits per heavy atom. The Balaban J connectivity index is 1.65. The van der Waals surface area contributed by atoms with Crippen LogP contribution in [0.25, 0.3) is 10.2 Å². The molecule has 0 fully saturated rings. The molecule has 1 N–H and O–H groups in total. The summed E-state index contributed by atoms with van der Waals surface area (Å²) in [7, 11) is 0. The second-order valence-corrected chi connectivity index (χ2v) is 6.34. The van der Waals surface area contributed by atoms with Gasteiger partial charge in [0.15, 0.2) is 5.13 Å². The number of fused-ring (bicyclic) bond motifs is 1. The van der Waals surface area contributed by atoms with Crippen LogP contribution in [0.2, 0.25) is 5.02 Å². The highest BCUT2D eigenvalue weighted by Crippen LogP contribution is 2.28. The number of aromatic nitrogens is 2. The molecule has 0 bridgehead atoms. The number of halogens is 1. The van der Waals surface area contributed by atoms with Crippen molar-refractivity contribution in [1.82, 2.24) is 9.97 Å². The molecule has 0 saturated heterocycles. The van der Waals surface area contributed by atoms with Gasteiger partial charge < -0.3 is 5.32 Å². The molecule has 3 aromatic rings. The van der Waals surface area contributed by atoms with Gasteiger partial charge in [-0.25, -0.2) is 9.97 Å². The second-order valence-electron chi connectivity index (χ2n) is 4.16. The topological polar surface area (TPSA) is 54.9 Å². The summed E-state index contributed by atoms with van der Waals surface area (Å²) in [6.07, 6.45) is 1.05. The molecule has 0 spiro atoms. The van der Waals surface area contributed by atoms with E-state index in [9.17, 15) is 4.79 Å². The predicted molar refractivity (Wildman–Crippen MR) is 83.7 cm³/mol. The largest absolute Gasteiger partial charge is 0.302 e. The molecule has 0 radical (unpaired) electrons. The van der Waals surface area contributed by atoms with Crippen LogP contribution in [0.4, 0.5) is 5.13 Å². The summed E-state index contributed by atoms with van der Waals surface area (Å²) >= 11 is 8.88. The van der Waals surface area contributed by atoms with Gasteiger partial charge in [0.05, 0.1) is 21.4 Å². The van der Waals surface area contributed by atoms with E-state index in [1.807, 2.05) is 17.5 Å². The number of amides is 1. The number of aryl methyl sites for hydroxylation is 1. The van der Waals surface area contributed by atoms with Crippen molar-refractivity contribution in [2.45, 2.75) is 12.8 Å². The normalized spacial score (nSPS) is 10.8. The highest BCUT2D eigenvalue weighted by molar-refractivity contribution is 7.22. The maximum atomic E-state index is 11.9. The zero-order valence-electron chi connectivity index (χ0n) is 10.3. The molecule has 0 aliphatic heterocycles. The number of hydrogen-bond donors (Lipinski definition) is 1. The van der Waals surface area contributed by atoms with Crippen molar-refractivity contribution < 1.29 is 4.79 Å². The number of benzene rings is 1. The maximum Gasteiger partial charge on any atom is 0.226 e. The Hall–Kier alpha value is -1.50. The van der Waals surface area contributed by atoms with Crippen LogP contribution >= 0.6 is 34.3 Å². The van der Waals surface area contributed by atoms with E-state index in [0.29, 0.717) is 23.0 Å². The van der Waals surface area contributed by atoms with Gasteiger partial charge in [0.2, 0.25) is 5.91 Å². The Morgan fingerprint density at radius 3 is 3.10 bits per heavy atom. The Labute approximate surface area is 128 Å². The van der Waals surface area contributed by atoms with E-state index in [0.717, 1.165) is 15.9 Å². The zero-order valence-corrected chi connectivity index (χ0v) is 12.7. The number of anilines is 1. The number of thiazole rings is 2. The first-order chi connectivity index (χ1) is 9.70. The van der Waals surface area contributed by atoms with Crippen molar-refractivity contribution in [3.8, 4) is 0 Å². The number of carbonyl (C=O) groups is 1. The van der Waals surface area contributed by atoms with Gasteiger partial charge >= 0.3 is 0 Å². The van der Waals surface area contributed by atoms with Crippen LogP contribution in [0.1, 0.15) is 12.1 Å². The fourth-order valence-corrected chi connectivity index (χ4v) is 3.49. The fraction of sp³-hybridized carbons (Fsp3) is 0.154. The van der Waals surface area contributed by atoms with E-state index in [1.165, 1.54) is 22.7 Å². The minimum Gasteiger partial charge on any atom is -0.302 e. The number of hydrogen-bond acceptors (Lipinski definition) is 5. The molecule has 1 amide bonds. The van der Waals surface area contributed by atoms with Gasteiger partial charge in [-0.15, -0.1) is 11.3 Å². The van der Waals surface area contributed by atoms with E-state index in [-0.39, 0.29) is 5.91 Å². The van der Waals surface area contributed by atoms with Gasteiger partial charge in [-0.1, -0.05) is 22.9 Å². The summed E-state index contributed by atoms with van der Waals surface area (Å²) in [6, 6.07) is 5.48. The van der Waals surface area contributed by atoms with E-state index in [4.69, 9.17) is 11.6 Å². The number of nitrogens with zero attached hydrogens (tertiary/aromatic N) is 2. The Morgan fingerprint density at radius 1 is 1.40 bits per heavy atom. The molecule has 0 unspecified atom stereocenters. The van der Waals surface area contributed by atoms with Crippen LogP contribution in [-0.4, -0.2) is 15.9 Å². The summed E-state index contributed by atoms with van der Waals surface area (Å²) in [5.74, 6) is -0.0526. The molecule has 1 aromatic carbocycles. The third-order valence-corrected chi connectivity index (χ3v) is 4.49. The molecule has 0 aliphatic carbocycles. The number of carbonyl (C=O) groups excluding carboxylic acids is 1. The van der Waals surface area contributed by atoms with Crippen molar-refractivity contribution in [1.29, 1.82) is 0 Å². The van der Waals surface area contributed by atoms with Gasteiger partial charge in [0.25, 0.3) is 0 Å². The highest BCUT2D eigenvalue weighted by atomic mass is 35.5. The Bertz CT molecular complexity index is 739. The van der Waals surface area contributed by atoms with Crippen molar-refractivity contribution in [3.05, 3.63) is 39.8 Å². The summed E-state index contributed by atoms with van der Waals surface area (Å²) < 4.78 is 0.965. The molecule has 3 rings (SSSR count). The van der Waals surface area contributed by atoms with Gasteiger partial charge in [-0.3, -0.25) is 4.79 Å². The molecule has 0 aliphatic rings. The van der Waals surface area contributed by atoms with Crippen molar-refractivity contribution in [2.24, 2.45) is 0 Å². The van der Waals surface area contributed by atoms with Crippen LogP contribution in [-0.2, 0) is 11.2 Å². The standard InChI is InChI=1S/C13H10ClN3OS2/c14-8-1-3-10-11(5-8)20-13(16-10)17-12(18)4-2-9-6-19-7-15-9/h1,3,5-7H,2,4H2,(H,16,17,18). The van der Waals surface area contributed by atoms with Crippen LogP contribution in [0, 0.1) is 0 Å². The molecule has 4 nitrogen and oxygen atoms in total. The van der Waals surface area contributed by atoms with Crippen LogP contribution < -0.4 is 5.32 Å². The summed E-state index contributed by atoms with van der Waals surface area (Å²) in [5.41, 5.74) is 3.56. The lowest BCUT2D eigenvalue weighted by atomic mass is 10.2. The molecule has 7 heteroatoms. The zero-order chi connectivity index (χ0) is 13.9. The smallest absolute Gasteiger partial charge is 0.226 e. The monoisotopic (exact) mass is 323 g/mol. The van der Waals surface area contributed by atoms with Gasteiger partial charge in [0, 0.05) is 16.8 Å². The quantitative estimate of drug-likeness (QED) is 0.790. The van der Waals surface area contributed by atoms with Crippen molar-refractivity contribution in [2.75, 3.05) is 5.32 Å². The lowest BCUT2D eigenvalue weighted by molar-refractivity contribution is -0.116. The minimum atomic E-state index is -0.0526. The second kappa shape index (κ2) is 5.87. The van der Waals surface area contributed by atoms with E-state index < -0.39 is 0 Å². The molecule has 102 valence electrons. The SMILES string of the molecule is O=C(CCc1cscn1)Nc1nc2ccc(Cl)cc2s1. The average Bonchev–Trinajstić information content (AvgIpc) is 3.04. The van der Waals surface area contributed by atoms with Crippen molar-refractivity contribution >= 4 is 55.5 Å². The fourth-order valence-electron chi connectivity index (χ4n) is 1.74. The highest BCUT2D eigenvalue weighted by Gasteiger charge is 2.09. The number of rotatable bonds is 4. The maximum absolute atomic E-state index is 11.9. The predicted octanol–water partition coefficient (Wildman–Crippen LogP) is 3.98. The van der Waals surface area contributed by atoms with E-state index in [2.05, 4.69) is 15.3 Å². The molecule has 0 atom stereocenters. The molecule has 20 heavy (non-hydrogen) atoms. The lowest BCUT2D eigenvalue weighted by Crippen LogP contribution is -2.12. The van der Waals surface area contributed by atoms with Gasteiger partial charge in [-0.05, 0) is 24.6 Å². The minimum absolute atomic E-state index is 0.0526.